The van der Waals surface area contributed by atoms with E-state index in [1.807, 2.05) is 24.3 Å². The van der Waals surface area contributed by atoms with E-state index in [-0.39, 0.29) is 24.7 Å². The highest BCUT2D eigenvalue weighted by Gasteiger charge is 2.09. The van der Waals surface area contributed by atoms with Crippen molar-refractivity contribution in [2.24, 2.45) is 0 Å². The molecule has 0 aliphatic carbocycles. The van der Waals surface area contributed by atoms with Crippen LogP contribution in [0.5, 0.6) is 0 Å². The van der Waals surface area contributed by atoms with Gasteiger partial charge in [0.1, 0.15) is 27.8 Å². The first-order valence-electron chi connectivity index (χ1n) is 12.0. The number of halogens is 3. The van der Waals surface area contributed by atoms with Crippen LogP contribution in [0.4, 0.5) is 11.8 Å². The second-order valence-corrected chi connectivity index (χ2v) is 12.2. The number of aromatic nitrogens is 4. The van der Waals surface area contributed by atoms with Gasteiger partial charge in [-0.15, -0.1) is 0 Å². The van der Waals surface area contributed by atoms with Crippen LogP contribution in [-0.4, -0.2) is 52.4 Å². The third-order valence-electron chi connectivity index (χ3n) is 5.27. The van der Waals surface area contributed by atoms with Crippen molar-refractivity contribution in [1.29, 1.82) is 0 Å². The van der Waals surface area contributed by atoms with Gasteiger partial charge in [0.05, 0.1) is 6.54 Å². The van der Waals surface area contributed by atoms with Crippen LogP contribution in [0.25, 0.3) is 5.82 Å². The predicted octanol–water partition coefficient (Wildman–Crippen LogP) is 5.01. The van der Waals surface area contributed by atoms with Crippen molar-refractivity contribution in [3.8, 4) is 5.82 Å². The molecule has 2 aromatic carbocycles. The quantitative estimate of drug-likeness (QED) is 0.224. The number of anilines is 2. The molecule has 1 amide bonds. The van der Waals surface area contributed by atoms with Crippen molar-refractivity contribution in [2.75, 3.05) is 29.2 Å². The largest absolute Gasteiger partial charge is 0.361 e. The average Bonchev–Trinajstić information content (AvgIpc) is 3.46. The number of nitrogens with zero attached hydrogens (tertiary/aromatic N) is 4. The van der Waals surface area contributed by atoms with Crippen molar-refractivity contribution in [1.82, 2.24) is 24.8 Å². The molecule has 40 heavy (non-hydrogen) atoms. The van der Waals surface area contributed by atoms with Gasteiger partial charge in [0.25, 0.3) is 0 Å². The molecule has 0 atom stereocenters. The molecule has 2 aromatic heterocycles. The van der Waals surface area contributed by atoms with E-state index in [1.165, 1.54) is 6.26 Å². The lowest BCUT2D eigenvalue weighted by Gasteiger charge is -2.12. The number of hydrogen-bond acceptors (Lipinski definition) is 8. The van der Waals surface area contributed by atoms with E-state index in [1.54, 1.807) is 54.5 Å². The lowest BCUT2D eigenvalue weighted by molar-refractivity contribution is -0.119. The van der Waals surface area contributed by atoms with Crippen LogP contribution in [0.15, 0.2) is 67.3 Å². The van der Waals surface area contributed by atoms with Crippen LogP contribution < -0.4 is 16.0 Å². The molecule has 10 nitrogen and oxygen atoms in total. The topological polar surface area (TPSA) is 131 Å². The van der Waals surface area contributed by atoms with E-state index in [9.17, 15) is 13.2 Å². The van der Waals surface area contributed by atoms with Crippen LogP contribution in [0.3, 0.4) is 0 Å². The van der Waals surface area contributed by atoms with Crippen LogP contribution in [0.2, 0.25) is 15.1 Å². The number of rotatable bonds is 10. The van der Waals surface area contributed by atoms with Crippen molar-refractivity contribution in [3.05, 3.63) is 93.4 Å². The fourth-order valence-corrected chi connectivity index (χ4v) is 3.74. The Balaban J connectivity index is 0.000000663. The molecule has 0 radical (unpaired) electrons. The Morgan fingerprint density at radius 3 is 2.38 bits per heavy atom. The highest BCUT2D eigenvalue weighted by Crippen LogP contribution is 2.21. The van der Waals surface area contributed by atoms with Gasteiger partial charge in [-0.05, 0) is 35.4 Å². The molecule has 4 aromatic rings. The molecule has 14 heteroatoms. The number of benzene rings is 2. The number of hydrogen-bond donors (Lipinski definition) is 3. The molecule has 0 spiro atoms. The van der Waals surface area contributed by atoms with Gasteiger partial charge in [0.15, 0.2) is 0 Å². The highest BCUT2D eigenvalue weighted by molar-refractivity contribution is 7.90. The standard InChI is InChI=1S/C23H20Cl3N7O.C3H8O2S/c24-17-3-1-2-15(8-17)11-30-23-31-20(10-21(32-23)33-7-6-27-14-33)28-13-22(34)29-12-16-4-5-18(25)9-19(16)26;1-3-6(2,4)5/h1-10,14H,11-13H2,(H,29,34)(H2,28,30,31,32);3H2,1-2H3. The fraction of sp³-hybridized carbons (Fsp3) is 0.231. The minimum Gasteiger partial charge on any atom is -0.361 e. The molecule has 0 unspecified atom stereocenters. The Kier molecular flexibility index (Phi) is 11.6. The maximum absolute atomic E-state index is 12.4. The van der Waals surface area contributed by atoms with Crippen LogP contribution in [-0.2, 0) is 27.7 Å². The van der Waals surface area contributed by atoms with Crippen molar-refractivity contribution in [2.45, 2.75) is 20.0 Å². The third kappa shape index (κ3) is 10.6. The van der Waals surface area contributed by atoms with Gasteiger partial charge in [0.2, 0.25) is 11.9 Å². The Morgan fingerprint density at radius 1 is 0.975 bits per heavy atom. The Bertz CT molecular complexity index is 1530. The molecule has 212 valence electrons. The van der Waals surface area contributed by atoms with Crippen molar-refractivity contribution < 1.29 is 13.2 Å². The molecule has 0 saturated heterocycles. The summed E-state index contributed by atoms with van der Waals surface area (Å²) < 4.78 is 21.8. The summed E-state index contributed by atoms with van der Waals surface area (Å²) in [7, 11) is -2.66. The summed E-state index contributed by atoms with van der Waals surface area (Å²) in [5.74, 6) is 1.49. The fourth-order valence-electron chi connectivity index (χ4n) is 3.05. The van der Waals surface area contributed by atoms with Gasteiger partial charge in [-0.1, -0.05) is 59.9 Å². The van der Waals surface area contributed by atoms with E-state index in [0.29, 0.717) is 39.2 Å². The molecule has 0 saturated carbocycles. The molecular formula is C26H28Cl3N7O3S. The molecule has 3 N–H and O–H groups in total. The maximum Gasteiger partial charge on any atom is 0.239 e. The van der Waals surface area contributed by atoms with E-state index in [0.717, 1.165) is 11.1 Å². The number of nitrogens with one attached hydrogen (secondary N) is 3. The molecular weight excluding hydrogens is 597 g/mol. The molecule has 0 aliphatic rings. The highest BCUT2D eigenvalue weighted by atomic mass is 35.5. The summed E-state index contributed by atoms with van der Waals surface area (Å²) in [5.41, 5.74) is 1.76. The summed E-state index contributed by atoms with van der Waals surface area (Å²) in [6.07, 6.45) is 6.28. The summed E-state index contributed by atoms with van der Waals surface area (Å²) in [6, 6.07) is 14.4. The van der Waals surface area contributed by atoms with Crippen molar-refractivity contribution >= 4 is 62.3 Å². The first-order chi connectivity index (χ1) is 19.0. The zero-order chi connectivity index (χ0) is 29.1. The normalized spacial score (nSPS) is 10.8. The summed E-state index contributed by atoms with van der Waals surface area (Å²) >= 11 is 18.1. The summed E-state index contributed by atoms with van der Waals surface area (Å²) in [5, 5.41) is 10.8. The van der Waals surface area contributed by atoms with Crippen LogP contribution in [0.1, 0.15) is 18.1 Å². The van der Waals surface area contributed by atoms with Crippen molar-refractivity contribution in [3.63, 3.8) is 0 Å². The maximum atomic E-state index is 12.4. The monoisotopic (exact) mass is 623 g/mol. The van der Waals surface area contributed by atoms with E-state index < -0.39 is 9.84 Å². The summed E-state index contributed by atoms with van der Waals surface area (Å²) in [4.78, 5) is 25.5. The van der Waals surface area contributed by atoms with Gasteiger partial charge in [0, 0.05) is 58.6 Å². The minimum absolute atomic E-state index is 0.0132. The van der Waals surface area contributed by atoms with Gasteiger partial charge in [-0.2, -0.15) is 9.97 Å². The Labute approximate surface area is 248 Å². The minimum atomic E-state index is -2.66. The lowest BCUT2D eigenvalue weighted by Crippen LogP contribution is -2.29. The molecule has 4 rings (SSSR count). The molecule has 0 aliphatic heterocycles. The number of imidazole rings is 1. The van der Waals surface area contributed by atoms with Gasteiger partial charge < -0.3 is 16.0 Å². The first-order valence-corrected chi connectivity index (χ1v) is 15.2. The SMILES string of the molecule is CCS(C)(=O)=O.O=C(CNc1cc(-n2ccnc2)nc(NCc2cccc(Cl)c2)n1)NCc1ccc(Cl)cc1Cl. The Hall–Kier alpha value is -3.38. The molecule has 0 bridgehead atoms. The van der Waals surface area contributed by atoms with Crippen LogP contribution in [0, 0.1) is 0 Å². The zero-order valence-electron chi connectivity index (χ0n) is 21.7. The molecule has 0 fully saturated rings. The first kappa shape index (κ1) is 31.2. The number of amides is 1. The second kappa shape index (κ2) is 14.8. The Morgan fingerprint density at radius 2 is 1.73 bits per heavy atom. The predicted molar refractivity (Wildman–Crippen MR) is 160 cm³/mol. The van der Waals surface area contributed by atoms with Gasteiger partial charge >= 0.3 is 0 Å². The number of carbonyl (C=O) groups is 1. The van der Waals surface area contributed by atoms with E-state index in [2.05, 4.69) is 30.9 Å². The zero-order valence-corrected chi connectivity index (χ0v) is 24.8. The van der Waals surface area contributed by atoms with Gasteiger partial charge in [-0.25, -0.2) is 13.4 Å². The van der Waals surface area contributed by atoms with E-state index in [4.69, 9.17) is 34.8 Å². The van der Waals surface area contributed by atoms with E-state index >= 15 is 0 Å². The number of sulfone groups is 1. The summed E-state index contributed by atoms with van der Waals surface area (Å²) in [6.45, 7) is 2.40. The second-order valence-electron chi connectivity index (χ2n) is 8.47. The third-order valence-corrected chi connectivity index (χ3v) is 7.14. The number of carbonyl (C=O) groups excluding carboxylic acids is 1. The van der Waals surface area contributed by atoms with Gasteiger partial charge in [-0.3, -0.25) is 9.36 Å². The smallest absolute Gasteiger partial charge is 0.239 e. The lowest BCUT2D eigenvalue weighted by atomic mass is 10.2. The average molecular weight is 625 g/mol. The molecule has 2 heterocycles. The van der Waals surface area contributed by atoms with Crippen LogP contribution >= 0.6 is 34.8 Å².